The average molecular weight is 317 g/mol. The zero-order valence-corrected chi connectivity index (χ0v) is 14.0. The number of hydrogen-bond acceptors (Lipinski definition) is 4. The molecule has 0 saturated heterocycles. The van der Waals surface area contributed by atoms with Crippen LogP contribution in [0.5, 0.6) is 0 Å². The second-order valence-electron chi connectivity index (χ2n) is 6.10. The number of nitrogens with zero attached hydrogens (tertiary/aromatic N) is 4. The maximum atomic E-state index is 4.79. The molecule has 2 heterocycles. The lowest BCUT2D eigenvalue weighted by atomic mass is 10.1. The van der Waals surface area contributed by atoms with Crippen molar-refractivity contribution in [1.82, 2.24) is 19.5 Å². The number of anilines is 1. The number of imidazole rings is 1. The van der Waals surface area contributed by atoms with Gasteiger partial charge in [0.2, 0.25) is 5.95 Å². The highest BCUT2D eigenvalue weighted by Gasteiger charge is 2.14. The topological polar surface area (TPSA) is 55.6 Å². The normalized spacial score (nSPS) is 11.3. The predicted octanol–water partition coefficient (Wildman–Crippen LogP) is 3.75. The number of benzene rings is 2. The Morgan fingerprint density at radius 3 is 2.58 bits per heavy atom. The summed E-state index contributed by atoms with van der Waals surface area (Å²) >= 11 is 0. The Labute approximate surface area is 140 Å². The zero-order valence-electron chi connectivity index (χ0n) is 14.0. The van der Waals surface area contributed by atoms with Crippen LogP contribution in [-0.4, -0.2) is 19.5 Å². The maximum Gasteiger partial charge on any atom is 0.203 e. The van der Waals surface area contributed by atoms with Crippen molar-refractivity contribution >= 4 is 28.0 Å². The van der Waals surface area contributed by atoms with E-state index in [-0.39, 0.29) is 0 Å². The highest BCUT2D eigenvalue weighted by atomic mass is 15.2. The molecule has 0 bridgehead atoms. The lowest BCUT2D eigenvalue weighted by Gasteiger charge is -2.06. The average Bonchev–Trinajstić information content (AvgIpc) is 2.90. The molecule has 0 spiro atoms. The molecule has 0 unspecified atom stereocenters. The van der Waals surface area contributed by atoms with Crippen LogP contribution in [0.15, 0.2) is 42.6 Å². The van der Waals surface area contributed by atoms with Gasteiger partial charge in [-0.15, -0.1) is 0 Å². The minimum absolute atomic E-state index is 0.736. The molecule has 2 aromatic heterocycles. The van der Waals surface area contributed by atoms with Gasteiger partial charge in [-0.3, -0.25) is 4.98 Å². The number of nitrogens with one attached hydrogen (secondary N) is 1. The molecule has 0 amide bonds. The van der Waals surface area contributed by atoms with E-state index < -0.39 is 0 Å². The summed E-state index contributed by atoms with van der Waals surface area (Å²) in [5.41, 5.74) is 6.98. The van der Waals surface area contributed by atoms with Crippen molar-refractivity contribution in [3.8, 4) is 0 Å². The Morgan fingerprint density at radius 1 is 1.00 bits per heavy atom. The summed E-state index contributed by atoms with van der Waals surface area (Å²) in [4.78, 5) is 14.0. The molecule has 0 radical (unpaired) electrons. The molecule has 2 aromatic carbocycles. The smallest absolute Gasteiger partial charge is 0.203 e. The number of aromatic nitrogens is 4. The molecule has 4 rings (SSSR count). The number of hydrogen-bond donors (Lipinski definition) is 1. The minimum Gasteiger partial charge on any atom is -0.352 e. The fraction of sp³-hybridized carbons (Fsp3) is 0.211. The first-order valence-corrected chi connectivity index (χ1v) is 8.00. The number of aryl methyl sites for hydroxylation is 3. The third-order valence-corrected chi connectivity index (χ3v) is 4.28. The van der Waals surface area contributed by atoms with Crippen molar-refractivity contribution in [2.75, 3.05) is 5.32 Å². The molecule has 0 atom stereocenters. The van der Waals surface area contributed by atoms with Crippen molar-refractivity contribution in [2.24, 2.45) is 7.05 Å². The van der Waals surface area contributed by atoms with Gasteiger partial charge in [0.05, 0.1) is 16.7 Å². The first-order valence-electron chi connectivity index (χ1n) is 8.00. The van der Waals surface area contributed by atoms with Gasteiger partial charge in [0.15, 0.2) is 0 Å². The summed E-state index contributed by atoms with van der Waals surface area (Å²) in [6.45, 7) is 4.76. The van der Waals surface area contributed by atoms with Gasteiger partial charge in [0.25, 0.3) is 0 Å². The molecule has 0 aliphatic rings. The first-order chi connectivity index (χ1) is 11.6. The Bertz CT molecular complexity index is 1030. The van der Waals surface area contributed by atoms with E-state index in [1.807, 2.05) is 32.2 Å². The highest BCUT2D eigenvalue weighted by molar-refractivity contribution is 6.02. The monoisotopic (exact) mass is 317 g/mol. The largest absolute Gasteiger partial charge is 0.352 e. The van der Waals surface area contributed by atoms with Crippen LogP contribution in [0.2, 0.25) is 0 Å². The van der Waals surface area contributed by atoms with Gasteiger partial charge in [-0.05, 0) is 31.0 Å². The van der Waals surface area contributed by atoms with E-state index in [9.17, 15) is 0 Å². The molecule has 0 aliphatic heterocycles. The molecule has 0 saturated carbocycles. The van der Waals surface area contributed by atoms with Gasteiger partial charge in [-0.1, -0.05) is 30.3 Å². The third kappa shape index (κ3) is 2.38. The lowest BCUT2D eigenvalue weighted by Crippen LogP contribution is -2.04. The standard InChI is InChI=1S/C19H19N5/c1-12-9-15-17(18-16(12)20-10-13(2)22-18)23-19(24(15)3)21-11-14-7-5-4-6-8-14/h4-10H,11H2,1-3H3,(H,21,23). The van der Waals surface area contributed by atoms with Gasteiger partial charge in [0.1, 0.15) is 11.0 Å². The van der Waals surface area contributed by atoms with E-state index in [0.29, 0.717) is 0 Å². The molecular weight excluding hydrogens is 298 g/mol. The van der Waals surface area contributed by atoms with Crippen molar-refractivity contribution in [3.05, 3.63) is 59.4 Å². The van der Waals surface area contributed by atoms with Crippen LogP contribution in [-0.2, 0) is 13.6 Å². The van der Waals surface area contributed by atoms with Gasteiger partial charge >= 0.3 is 0 Å². The van der Waals surface area contributed by atoms with Gasteiger partial charge in [-0.2, -0.15) is 0 Å². The molecule has 1 N–H and O–H groups in total. The second-order valence-corrected chi connectivity index (χ2v) is 6.10. The summed E-state index contributed by atoms with van der Waals surface area (Å²) in [6.07, 6.45) is 1.80. The summed E-state index contributed by atoms with van der Waals surface area (Å²) < 4.78 is 2.08. The van der Waals surface area contributed by atoms with E-state index in [2.05, 4.69) is 45.0 Å². The van der Waals surface area contributed by atoms with Crippen LogP contribution in [0.25, 0.3) is 22.1 Å². The van der Waals surface area contributed by atoms with Crippen LogP contribution in [0, 0.1) is 13.8 Å². The molecule has 4 aromatic rings. The quantitative estimate of drug-likeness (QED) is 0.625. The first kappa shape index (κ1) is 14.6. The van der Waals surface area contributed by atoms with Crippen molar-refractivity contribution in [2.45, 2.75) is 20.4 Å². The summed E-state index contributed by atoms with van der Waals surface area (Å²) in [6, 6.07) is 12.4. The molecule has 5 nitrogen and oxygen atoms in total. The SMILES string of the molecule is Cc1cnc2c(C)cc3c(nc(NCc4ccccc4)n3C)c2n1. The summed E-state index contributed by atoms with van der Waals surface area (Å²) in [5.74, 6) is 0.837. The maximum absolute atomic E-state index is 4.79. The van der Waals surface area contributed by atoms with Crippen molar-refractivity contribution in [1.29, 1.82) is 0 Å². The van der Waals surface area contributed by atoms with Crippen LogP contribution in [0.4, 0.5) is 5.95 Å². The second kappa shape index (κ2) is 5.60. The third-order valence-electron chi connectivity index (χ3n) is 4.28. The van der Waals surface area contributed by atoms with E-state index in [1.165, 1.54) is 5.56 Å². The zero-order chi connectivity index (χ0) is 16.7. The Hall–Kier alpha value is -2.95. The summed E-state index contributed by atoms with van der Waals surface area (Å²) in [5, 5.41) is 3.42. The lowest BCUT2D eigenvalue weighted by molar-refractivity contribution is 0.927. The van der Waals surface area contributed by atoms with Crippen LogP contribution >= 0.6 is 0 Å². The van der Waals surface area contributed by atoms with E-state index in [4.69, 9.17) is 4.98 Å². The van der Waals surface area contributed by atoms with Crippen LogP contribution < -0.4 is 5.32 Å². The Morgan fingerprint density at radius 2 is 1.79 bits per heavy atom. The Kier molecular flexibility index (Phi) is 3.41. The van der Waals surface area contributed by atoms with E-state index in [1.54, 1.807) is 6.20 Å². The molecule has 24 heavy (non-hydrogen) atoms. The van der Waals surface area contributed by atoms with E-state index >= 15 is 0 Å². The summed E-state index contributed by atoms with van der Waals surface area (Å²) in [7, 11) is 2.02. The Balaban J connectivity index is 1.82. The fourth-order valence-electron chi connectivity index (χ4n) is 2.99. The molecule has 120 valence electrons. The van der Waals surface area contributed by atoms with Crippen molar-refractivity contribution < 1.29 is 0 Å². The highest BCUT2D eigenvalue weighted by Crippen LogP contribution is 2.27. The van der Waals surface area contributed by atoms with Gasteiger partial charge in [0, 0.05) is 19.8 Å². The molecule has 5 heteroatoms. The van der Waals surface area contributed by atoms with Gasteiger partial charge in [-0.25, -0.2) is 9.97 Å². The fourth-order valence-corrected chi connectivity index (χ4v) is 2.99. The number of rotatable bonds is 3. The molecule has 0 aliphatic carbocycles. The predicted molar refractivity (Wildman–Crippen MR) is 97.1 cm³/mol. The molecular formula is C19H19N5. The van der Waals surface area contributed by atoms with E-state index in [0.717, 1.165) is 45.8 Å². The van der Waals surface area contributed by atoms with Crippen LogP contribution in [0.3, 0.4) is 0 Å². The minimum atomic E-state index is 0.736. The molecule has 0 fully saturated rings. The van der Waals surface area contributed by atoms with Crippen LogP contribution in [0.1, 0.15) is 16.8 Å². The van der Waals surface area contributed by atoms with Crippen molar-refractivity contribution in [3.63, 3.8) is 0 Å². The van der Waals surface area contributed by atoms with Gasteiger partial charge < -0.3 is 9.88 Å². The number of fused-ring (bicyclic) bond motifs is 3.